The quantitative estimate of drug-likeness (QED) is 0.103. The van der Waals surface area contributed by atoms with Crippen molar-refractivity contribution in [2.24, 2.45) is 5.92 Å². The molecule has 0 atom stereocenters. The van der Waals surface area contributed by atoms with Crippen molar-refractivity contribution in [3.8, 4) is 0 Å². The molecule has 0 saturated heterocycles. The summed E-state index contributed by atoms with van der Waals surface area (Å²) in [5.41, 5.74) is 10.2. The Morgan fingerprint density at radius 2 is 0.653 bits per heavy atom. The molecule has 0 fully saturated rings. The molecule has 1 aliphatic carbocycles. The topological polar surface area (TPSA) is 0 Å². The van der Waals surface area contributed by atoms with Crippen LogP contribution in [-0.4, -0.2) is 8.07 Å². The number of halogens is 3. The molecule has 270 valence electrons. The molecule has 0 radical (unpaired) electrons. The number of benzene rings is 3. The molecule has 0 bridgehead atoms. The van der Waals surface area contributed by atoms with Crippen LogP contribution < -0.4 is 15.6 Å². The SMILES string of the molecule is CC(C)C1=[C-]CC=C1[Si](c1cc(C(C)C)cc(C(C)C)c1)(c1cc(C(C)C)cc(C(C)C)c1)c1cc(C(C)C)cc(C(C)C)c1.Cl.Cl.Cl.[Ti]. The summed E-state index contributed by atoms with van der Waals surface area (Å²) in [4.78, 5) is 0. The molecule has 0 nitrogen and oxygen atoms in total. The summed E-state index contributed by atoms with van der Waals surface area (Å²) in [6, 6.07) is 23.2. The number of allylic oxidation sites excluding steroid dienone is 4. The van der Waals surface area contributed by atoms with E-state index in [1.54, 1.807) is 5.20 Å². The maximum absolute atomic E-state index is 3.90. The van der Waals surface area contributed by atoms with Gasteiger partial charge in [-0.25, -0.2) is 5.57 Å². The molecule has 3 aromatic rings. The van der Waals surface area contributed by atoms with Gasteiger partial charge in [0.2, 0.25) is 0 Å². The molecule has 0 heterocycles. The first-order valence-electron chi connectivity index (χ1n) is 17.9. The van der Waals surface area contributed by atoms with Crippen LogP contribution in [0.2, 0.25) is 0 Å². The average molecular weight is 775 g/mol. The molecule has 1 aliphatic rings. The normalized spacial score (nSPS) is 13.1. The monoisotopic (exact) mass is 773 g/mol. The molecule has 4 rings (SSSR count). The fourth-order valence-electron chi connectivity index (χ4n) is 6.98. The fraction of sp³-hybridized carbons (Fsp3) is 0.500. The minimum Gasteiger partial charge on any atom is -0.269 e. The molecule has 0 unspecified atom stereocenters. The Hall–Kier alpha value is -1.06. The van der Waals surface area contributed by atoms with Gasteiger partial charge in [-0.1, -0.05) is 173 Å². The average Bonchev–Trinajstić information content (AvgIpc) is 3.47. The van der Waals surface area contributed by atoms with Crippen molar-refractivity contribution in [2.75, 3.05) is 0 Å². The summed E-state index contributed by atoms with van der Waals surface area (Å²) in [7, 11) is -2.82. The molecule has 3 aromatic carbocycles. The zero-order valence-electron chi connectivity index (χ0n) is 32.7. The number of hydrogen-bond donors (Lipinski definition) is 0. The molecule has 5 heteroatoms. The predicted molar refractivity (Wildman–Crippen MR) is 225 cm³/mol. The standard InChI is InChI=1S/C44H61Si.3ClH.Ti/c1-27(2)34-18-35(28(3)4)22-40(21-34)45(44-17-15-16-43(44)33(13)14,41-23-36(29(5)6)19-37(24-41)30(7)8)42-25-38(31(9)10)20-39(26-42)32(11)12;;;;/h17-33H,15H2,1-14H3;3*1H;/q-1;;;;. The van der Waals surface area contributed by atoms with Crippen molar-refractivity contribution < 1.29 is 21.7 Å². The van der Waals surface area contributed by atoms with Gasteiger partial charge < -0.3 is 0 Å². The zero-order chi connectivity index (χ0) is 33.4. The third-order valence-electron chi connectivity index (χ3n) is 10.1. The Balaban J connectivity index is 0.00000576. The van der Waals surface area contributed by atoms with Crippen LogP contribution in [0.4, 0.5) is 0 Å². The van der Waals surface area contributed by atoms with Crippen molar-refractivity contribution in [1.29, 1.82) is 0 Å². The van der Waals surface area contributed by atoms with Crippen LogP contribution >= 0.6 is 37.2 Å². The maximum atomic E-state index is 3.90. The van der Waals surface area contributed by atoms with Gasteiger partial charge in [-0.05, 0) is 68.9 Å². The van der Waals surface area contributed by atoms with E-state index in [9.17, 15) is 0 Å². The van der Waals surface area contributed by atoms with Gasteiger partial charge in [-0.3, -0.25) is 6.08 Å². The first-order chi connectivity index (χ1) is 21.1. The second kappa shape index (κ2) is 19.7. The number of hydrogen-bond acceptors (Lipinski definition) is 0. The number of rotatable bonds is 11. The van der Waals surface area contributed by atoms with Gasteiger partial charge in [-0.2, -0.15) is 11.3 Å². The largest absolute Gasteiger partial charge is 0.269 e. The smallest absolute Gasteiger partial charge is 0.0994 e. The first-order valence-corrected chi connectivity index (χ1v) is 19.9. The van der Waals surface area contributed by atoms with Gasteiger partial charge in [0, 0.05) is 21.7 Å². The fourth-order valence-corrected chi connectivity index (χ4v) is 12.4. The molecule has 0 amide bonds. The van der Waals surface area contributed by atoms with E-state index in [-0.39, 0.29) is 58.9 Å². The van der Waals surface area contributed by atoms with Gasteiger partial charge in [0.25, 0.3) is 0 Å². The van der Waals surface area contributed by atoms with Gasteiger partial charge in [0.15, 0.2) is 0 Å². The van der Waals surface area contributed by atoms with Crippen molar-refractivity contribution in [3.05, 3.63) is 111 Å². The van der Waals surface area contributed by atoms with Crippen LogP contribution in [-0.2, 0) is 21.7 Å². The Labute approximate surface area is 335 Å². The molecule has 0 aromatic heterocycles. The van der Waals surface area contributed by atoms with Gasteiger partial charge in [0.1, 0.15) is 0 Å². The van der Waals surface area contributed by atoms with Crippen molar-refractivity contribution in [2.45, 2.75) is 139 Å². The molecule has 0 spiro atoms. The molecular formula is C44H64Cl3SiTi-. The molecule has 0 aliphatic heterocycles. The minimum absolute atomic E-state index is 0. The second-order valence-electron chi connectivity index (χ2n) is 15.9. The molecule has 0 N–H and O–H groups in total. The third-order valence-corrected chi connectivity index (χ3v) is 14.8. The van der Waals surface area contributed by atoms with E-state index in [4.69, 9.17) is 0 Å². The van der Waals surface area contributed by atoms with E-state index in [0.29, 0.717) is 41.4 Å². The van der Waals surface area contributed by atoms with Crippen LogP contribution in [0.25, 0.3) is 0 Å². The van der Waals surface area contributed by atoms with Gasteiger partial charge >= 0.3 is 0 Å². The van der Waals surface area contributed by atoms with Crippen molar-refractivity contribution in [1.82, 2.24) is 0 Å². The summed E-state index contributed by atoms with van der Waals surface area (Å²) in [6.45, 7) is 33.1. The van der Waals surface area contributed by atoms with Crippen LogP contribution in [0.1, 0.15) is 172 Å². The summed E-state index contributed by atoms with van der Waals surface area (Å²) < 4.78 is 0. The third kappa shape index (κ3) is 10.1. The summed E-state index contributed by atoms with van der Waals surface area (Å²) in [6.07, 6.45) is 7.38. The summed E-state index contributed by atoms with van der Waals surface area (Å²) in [5, 5.41) is 6.18. The molecular weight excluding hydrogens is 711 g/mol. The Kier molecular flexibility index (Phi) is 19.3. The first kappa shape index (κ1) is 47.9. The van der Waals surface area contributed by atoms with Crippen LogP contribution in [0.15, 0.2) is 71.4 Å². The second-order valence-corrected chi connectivity index (χ2v) is 19.7. The van der Waals surface area contributed by atoms with Crippen LogP contribution in [0, 0.1) is 12.0 Å². The maximum Gasteiger partial charge on any atom is 0.0994 e. The van der Waals surface area contributed by atoms with Gasteiger partial charge in [-0.15, -0.1) is 43.6 Å². The van der Waals surface area contributed by atoms with Crippen LogP contribution in [0.5, 0.6) is 0 Å². The Bertz CT molecular complexity index is 1340. The predicted octanol–water partition coefficient (Wildman–Crippen LogP) is 12.4. The van der Waals surface area contributed by atoms with E-state index in [1.165, 1.54) is 54.5 Å². The van der Waals surface area contributed by atoms with Crippen molar-refractivity contribution in [3.63, 3.8) is 0 Å². The van der Waals surface area contributed by atoms with Gasteiger partial charge in [0.05, 0.1) is 8.07 Å². The minimum atomic E-state index is -2.82. The van der Waals surface area contributed by atoms with Crippen LogP contribution in [0.3, 0.4) is 0 Å². The van der Waals surface area contributed by atoms with E-state index in [2.05, 4.69) is 164 Å². The van der Waals surface area contributed by atoms with Crippen molar-refractivity contribution >= 4 is 60.9 Å². The summed E-state index contributed by atoms with van der Waals surface area (Å²) >= 11 is 0. The van der Waals surface area contributed by atoms with E-state index < -0.39 is 8.07 Å². The Morgan fingerprint density at radius 3 is 0.857 bits per heavy atom. The zero-order valence-corrected chi connectivity index (χ0v) is 37.8. The summed E-state index contributed by atoms with van der Waals surface area (Å²) in [5.74, 6) is 3.16. The van der Waals surface area contributed by atoms with E-state index in [0.717, 1.165) is 6.42 Å². The van der Waals surface area contributed by atoms with E-state index in [1.807, 2.05) is 0 Å². The molecule has 0 saturated carbocycles. The Morgan fingerprint density at radius 1 is 0.408 bits per heavy atom. The molecule has 49 heavy (non-hydrogen) atoms. The van der Waals surface area contributed by atoms with E-state index >= 15 is 0 Å².